The number of nitrogens with one attached hydrogen (secondary N) is 3. The molecule has 6 nitrogen and oxygen atoms in total. The van der Waals surface area contributed by atoms with Crippen molar-refractivity contribution < 1.29 is 0 Å². The summed E-state index contributed by atoms with van der Waals surface area (Å²) < 4.78 is 7.72. The van der Waals surface area contributed by atoms with Crippen molar-refractivity contribution in [2.45, 2.75) is 19.3 Å². The van der Waals surface area contributed by atoms with Gasteiger partial charge >= 0.3 is 0 Å². The first-order valence-electron chi connectivity index (χ1n) is 40.0. The highest BCUT2D eigenvalue weighted by Crippen LogP contribution is 2.53. The summed E-state index contributed by atoms with van der Waals surface area (Å²) in [6, 6.07) is 154. The van der Waals surface area contributed by atoms with Crippen molar-refractivity contribution >= 4 is 191 Å². The lowest BCUT2D eigenvalue weighted by Gasteiger charge is -2.27. The molecule has 0 bridgehead atoms. The molecule has 0 saturated heterocycles. The van der Waals surface area contributed by atoms with Gasteiger partial charge in [0.25, 0.3) is 0 Å². The number of para-hydroxylation sites is 7. The summed E-state index contributed by atoms with van der Waals surface area (Å²) in [5.74, 6) is 0. The zero-order valence-corrected chi connectivity index (χ0v) is 67.5. The van der Waals surface area contributed by atoms with E-state index < -0.39 is 0 Å². The Morgan fingerprint density at radius 2 is 0.636 bits per heavy atom. The molecule has 21 aromatic rings. The van der Waals surface area contributed by atoms with Gasteiger partial charge in [-0.1, -0.05) is 257 Å². The molecule has 0 spiro atoms. The van der Waals surface area contributed by atoms with Crippen LogP contribution in [0.3, 0.4) is 0 Å². The Hall–Kier alpha value is -14.3. The number of hydrogen-bond donors (Lipinski definition) is 3. The molecule has 18 aromatic carbocycles. The predicted octanol–water partition coefficient (Wildman–Crippen LogP) is 32.9. The molecule has 0 fully saturated rings. The topological polar surface area (TPSA) is 45.8 Å². The standard InChI is InChI=1S/C43H32N2S.C36H26N2S.C30H22N2S/c1-43(2)37-19-9-8-17-33(37)36-27-31(23-25-38(36)43)45(30-14-4-3-5-15-30)40-21-11-18-35-34-24-22-29(26-41(34)46-42(35)40)44-39-20-10-13-28-12-6-7-16-32(28)39;1-4-10-28(11-5-1)37-29-19-16-26(17-20-29)27-18-22-35-33(24-27)34-25-32(21-23-36(34)39-35)38(30-12-6-2-7-13-30)31-14-8-3-9-15-31;1-4-11-22(12-5-1)31-28-18-10-17-26-27-21-25(19-20-29(27)33-30(26)28)32(23-13-6-2-7-14-23)24-15-8-3-9-16-24/h3-27,44H,1-2H3;1-25,37H;1-21,31H. The van der Waals surface area contributed by atoms with Crippen LogP contribution in [0.2, 0.25) is 0 Å². The number of rotatable bonds is 16. The average molecular weight is 1570 g/mol. The number of thiophene rings is 3. The smallest absolute Gasteiger partial charge is 0.0640 e. The van der Waals surface area contributed by atoms with Crippen LogP contribution < -0.4 is 30.7 Å². The Bertz CT molecular complexity index is 7090. The monoisotopic (exact) mass is 1570 g/mol. The van der Waals surface area contributed by atoms with Gasteiger partial charge in [0.05, 0.1) is 20.8 Å². The van der Waals surface area contributed by atoms with E-state index in [0.717, 1.165) is 73.9 Å². The first kappa shape index (κ1) is 72.6. The first-order chi connectivity index (χ1) is 58.2. The minimum atomic E-state index is -0.0225. The summed E-state index contributed by atoms with van der Waals surface area (Å²) in [7, 11) is 0. The molecule has 0 unspecified atom stereocenters. The molecule has 0 aliphatic heterocycles. The molecule has 0 atom stereocenters. The molecule has 564 valence electrons. The van der Waals surface area contributed by atoms with Crippen LogP contribution >= 0.6 is 34.0 Å². The van der Waals surface area contributed by atoms with Crippen LogP contribution in [0.1, 0.15) is 25.0 Å². The van der Waals surface area contributed by atoms with Crippen LogP contribution in [0, 0.1) is 0 Å². The third-order valence-electron chi connectivity index (χ3n) is 22.5. The van der Waals surface area contributed by atoms with E-state index in [9.17, 15) is 0 Å². The van der Waals surface area contributed by atoms with Crippen molar-refractivity contribution in [3.8, 4) is 22.3 Å². The van der Waals surface area contributed by atoms with Crippen LogP contribution in [-0.2, 0) is 5.41 Å². The Morgan fingerprint density at radius 3 is 1.26 bits per heavy atom. The van der Waals surface area contributed by atoms with Crippen molar-refractivity contribution in [3.05, 3.63) is 442 Å². The molecular formula is C109H80N6S3. The van der Waals surface area contributed by atoms with Crippen molar-refractivity contribution in [3.63, 3.8) is 0 Å². The van der Waals surface area contributed by atoms with E-state index in [2.05, 4.69) is 451 Å². The van der Waals surface area contributed by atoms with E-state index >= 15 is 0 Å². The van der Waals surface area contributed by atoms with E-state index in [1.807, 2.05) is 58.3 Å². The summed E-state index contributed by atoms with van der Waals surface area (Å²) in [6.07, 6.45) is 0. The maximum absolute atomic E-state index is 3.71. The molecular weight excluding hydrogens is 1490 g/mol. The molecule has 118 heavy (non-hydrogen) atoms. The van der Waals surface area contributed by atoms with Crippen molar-refractivity contribution in [1.29, 1.82) is 0 Å². The molecule has 3 heterocycles. The minimum Gasteiger partial charge on any atom is -0.356 e. The van der Waals surface area contributed by atoms with E-state index in [0.29, 0.717) is 0 Å². The Labute approximate surface area is 699 Å². The molecule has 9 heteroatoms. The largest absolute Gasteiger partial charge is 0.356 e. The van der Waals surface area contributed by atoms with E-state index in [-0.39, 0.29) is 5.41 Å². The van der Waals surface area contributed by atoms with E-state index in [1.54, 1.807) is 0 Å². The average Bonchev–Trinajstić information content (AvgIpc) is 1.62. The van der Waals surface area contributed by atoms with Gasteiger partial charge in [-0.25, -0.2) is 0 Å². The molecule has 0 radical (unpaired) electrons. The normalized spacial score (nSPS) is 11.9. The first-order valence-corrected chi connectivity index (χ1v) is 42.5. The summed E-state index contributed by atoms with van der Waals surface area (Å²) in [5.41, 5.74) is 24.9. The summed E-state index contributed by atoms with van der Waals surface area (Å²) in [4.78, 5) is 7.07. The van der Waals surface area contributed by atoms with Gasteiger partial charge in [0.2, 0.25) is 0 Å². The summed E-state index contributed by atoms with van der Waals surface area (Å²) in [5, 5.41) is 20.9. The third kappa shape index (κ3) is 14.3. The molecule has 22 rings (SSSR count). The third-order valence-corrected chi connectivity index (χ3v) is 26.0. The molecule has 3 N–H and O–H groups in total. The van der Waals surface area contributed by atoms with Gasteiger partial charge < -0.3 is 30.7 Å². The number of fused-ring (bicyclic) bond motifs is 13. The van der Waals surface area contributed by atoms with Crippen LogP contribution in [0.5, 0.6) is 0 Å². The fourth-order valence-electron chi connectivity index (χ4n) is 16.8. The lowest BCUT2D eigenvalue weighted by molar-refractivity contribution is 0.660. The second kappa shape index (κ2) is 31.8. The van der Waals surface area contributed by atoms with Crippen LogP contribution in [0.15, 0.2) is 431 Å². The Kier molecular flexibility index (Phi) is 19.6. The van der Waals surface area contributed by atoms with Gasteiger partial charge in [0.15, 0.2) is 0 Å². The zero-order valence-electron chi connectivity index (χ0n) is 65.1. The maximum Gasteiger partial charge on any atom is 0.0640 e. The summed E-state index contributed by atoms with van der Waals surface area (Å²) >= 11 is 5.56. The lowest BCUT2D eigenvalue weighted by atomic mass is 9.82. The van der Waals surface area contributed by atoms with Gasteiger partial charge in [-0.05, 0) is 227 Å². The molecule has 0 saturated carbocycles. The lowest BCUT2D eigenvalue weighted by Crippen LogP contribution is -2.15. The number of anilines is 15. The fraction of sp³-hybridized carbons (Fsp3) is 0.0275. The Balaban J connectivity index is 0.000000115. The predicted molar refractivity (Wildman–Crippen MR) is 512 cm³/mol. The molecule has 1 aliphatic carbocycles. The summed E-state index contributed by atoms with van der Waals surface area (Å²) in [6.45, 7) is 4.68. The van der Waals surface area contributed by atoms with Crippen LogP contribution in [-0.4, -0.2) is 0 Å². The van der Waals surface area contributed by atoms with Gasteiger partial charge in [-0.3, -0.25) is 0 Å². The molecule has 3 aromatic heterocycles. The van der Waals surface area contributed by atoms with E-state index in [4.69, 9.17) is 0 Å². The van der Waals surface area contributed by atoms with Crippen LogP contribution in [0.4, 0.5) is 85.3 Å². The zero-order chi connectivity index (χ0) is 78.9. The van der Waals surface area contributed by atoms with Crippen LogP contribution in [0.25, 0.3) is 93.5 Å². The quantitative estimate of drug-likeness (QED) is 0.0896. The second-order valence-corrected chi connectivity index (χ2v) is 33.4. The van der Waals surface area contributed by atoms with Gasteiger partial charge in [0.1, 0.15) is 0 Å². The van der Waals surface area contributed by atoms with Gasteiger partial charge in [-0.15, -0.1) is 34.0 Å². The highest BCUT2D eigenvalue weighted by Gasteiger charge is 2.36. The fourth-order valence-corrected chi connectivity index (χ4v) is 20.3. The molecule has 1 aliphatic rings. The highest BCUT2D eigenvalue weighted by molar-refractivity contribution is 7.27. The van der Waals surface area contributed by atoms with Gasteiger partial charge in [0, 0.05) is 136 Å². The van der Waals surface area contributed by atoms with E-state index in [1.165, 1.54) is 116 Å². The van der Waals surface area contributed by atoms with Crippen molar-refractivity contribution in [2.75, 3.05) is 30.7 Å². The van der Waals surface area contributed by atoms with Gasteiger partial charge in [-0.2, -0.15) is 0 Å². The second-order valence-electron chi connectivity index (χ2n) is 30.2. The Morgan fingerprint density at radius 1 is 0.220 bits per heavy atom. The SMILES string of the molecule is CC1(C)c2ccccc2-c2cc(N(c3ccccc3)c3cccc4c3sc3cc(Nc5cccc6ccccc56)ccc34)ccc21.c1ccc(Nc2ccc(-c3ccc4sc5ccc(N(c6ccccc6)c6ccccc6)cc5c4c3)cc2)cc1.c1ccc(Nc2cccc3c2sc2ccc(N(c4ccccc4)c4ccccc4)cc23)cc1. The minimum absolute atomic E-state index is 0.0225. The number of benzene rings is 18. The maximum atomic E-state index is 3.71. The van der Waals surface area contributed by atoms with Crippen molar-refractivity contribution in [2.24, 2.45) is 0 Å². The number of hydrogen-bond acceptors (Lipinski definition) is 9. The van der Waals surface area contributed by atoms with Crippen molar-refractivity contribution in [1.82, 2.24) is 0 Å². The number of nitrogens with zero attached hydrogens (tertiary/aromatic N) is 3. The molecule has 0 amide bonds. The highest BCUT2D eigenvalue weighted by atomic mass is 32.1.